The Bertz CT molecular complexity index is 638. The molecule has 3 N–H and O–H groups in total. The van der Waals surface area contributed by atoms with E-state index >= 15 is 0 Å². The molecule has 1 aromatic rings. The highest BCUT2D eigenvalue weighted by Gasteiger charge is 2.38. The molecule has 2 heterocycles. The molecule has 0 aliphatic carbocycles. The molecule has 1 atom stereocenters. The second kappa shape index (κ2) is 4.44. The number of carbonyl (C=O) groups excluding carboxylic acids is 2. The summed E-state index contributed by atoms with van der Waals surface area (Å²) in [4.78, 5) is 23.4. The van der Waals surface area contributed by atoms with Crippen LogP contribution in [0.4, 0.5) is 4.79 Å². The van der Waals surface area contributed by atoms with Gasteiger partial charge in [-0.05, 0) is 17.7 Å². The first kappa shape index (κ1) is 12.3. The lowest BCUT2D eigenvalue weighted by atomic mass is 9.96. The summed E-state index contributed by atoms with van der Waals surface area (Å²) in [6, 6.07) is 3.61. The fourth-order valence-corrected chi connectivity index (χ4v) is 2.31. The zero-order valence-corrected chi connectivity index (χ0v) is 10.6. The highest BCUT2D eigenvalue weighted by Crippen LogP contribution is 2.35. The zero-order valence-electron chi connectivity index (χ0n) is 10.6. The molecular weight excluding hydrogens is 264 g/mol. The number of cyclic esters (lactones) is 1. The third-order valence-electron chi connectivity index (χ3n) is 3.26. The van der Waals surface area contributed by atoms with E-state index in [9.17, 15) is 14.7 Å². The molecule has 3 rings (SSSR count). The van der Waals surface area contributed by atoms with E-state index < -0.39 is 18.0 Å². The van der Waals surface area contributed by atoms with Gasteiger partial charge >= 0.3 is 12.0 Å². The summed E-state index contributed by atoms with van der Waals surface area (Å²) in [5.74, 6) is -0.215. The van der Waals surface area contributed by atoms with Crippen LogP contribution in [0.3, 0.4) is 0 Å². The Labute approximate surface area is 114 Å². The van der Waals surface area contributed by atoms with Crippen molar-refractivity contribution in [1.82, 2.24) is 10.6 Å². The number of methoxy groups -OCH3 is 1. The number of carbonyl (C=O) groups is 2. The van der Waals surface area contributed by atoms with Crippen molar-refractivity contribution >= 4 is 12.0 Å². The Hall–Kier alpha value is -2.70. The number of hydrogen-bond acceptors (Lipinski definition) is 5. The van der Waals surface area contributed by atoms with Crippen molar-refractivity contribution in [2.45, 2.75) is 6.04 Å². The average molecular weight is 276 g/mol. The molecule has 0 spiro atoms. The summed E-state index contributed by atoms with van der Waals surface area (Å²) in [7, 11) is 1.42. The van der Waals surface area contributed by atoms with Gasteiger partial charge in [0.1, 0.15) is 6.61 Å². The summed E-state index contributed by atoms with van der Waals surface area (Å²) in [5.41, 5.74) is 1.47. The minimum absolute atomic E-state index is 0.0142. The van der Waals surface area contributed by atoms with E-state index in [1.54, 1.807) is 12.1 Å². The van der Waals surface area contributed by atoms with E-state index in [0.29, 0.717) is 16.8 Å². The number of rotatable bonds is 2. The van der Waals surface area contributed by atoms with Crippen LogP contribution in [0.5, 0.6) is 11.5 Å². The van der Waals surface area contributed by atoms with Crippen LogP contribution in [-0.4, -0.2) is 30.8 Å². The lowest BCUT2D eigenvalue weighted by molar-refractivity contribution is -0.136. The number of phenols is 1. The molecule has 0 radical (unpaired) electrons. The van der Waals surface area contributed by atoms with Crippen molar-refractivity contribution in [2.24, 2.45) is 0 Å². The molecule has 7 heteroatoms. The van der Waals surface area contributed by atoms with E-state index in [-0.39, 0.29) is 18.1 Å². The van der Waals surface area contributed by atoms with Crippen LogP contribution in [0.15, 0.2) is 29.5 Å². The van der Waals surface area contributed by atoms with Gasteiger partial charge in [-0.25, -0.2) is 9.59 Å². The highest BCUT2D eigenvalue weighted by atomic mass is 16.5. The Morgan fingerprint density at radius 1 is 1.40 bits per heavy atom. The van der Waals surface area contributed by atoms with Gasteiger partial charge in [-0.3, -0.25) is 0 Å². The van der Waals surface area contributed by atoms with Gasteiger partial charge in [0.05, 0.1) is 24.4 Å². The number of urea groups is 1. The second-order valence-corrected chi connectivity index (χ2v) is 4.43. The molecule has 7 nitrogen and oxygen atoms in total. The molecule has 0 bridgehead atoms. The van der Waals surface area contributed by atoms with Gasteiger partial charge in [0.2, 0.25) is 0 Å². The van der Waals surface area contributed by atoms with Crippen molar-refractivity contribution in [3.05, 3.63) is 35.0 Å². The van der Waals surface area contributed by atoms with Gasteiger partial charge in [0.25, 0.3) is 0 Å². The molecule has 0 fully saturated rings. The number of amides is 2. The Kier molecular flexibility index (Phi) is 2.74. The smallest absolute Gasteiger partial charge is 0.338 e. The molecule has 20 heavy (non-hydrogen) atoms. The predicted octanol–water partition coefficient (Wildman–Crippen LogP) is 0.566. The molecule has 104 valence electrons. The minimum atomic E-state index is -0.622. The number of benzene rings is 1. The normalized spacial score (nSPS) is 20.9. The van der Waals surface area contributed by atoms with Crippen LogP contribution < -0.4 is 15.4 Å². The van der Waals surface area contributed by atoms with Crippen LogP contribution in [0.25, 0.3) is 0 Å². The van der Waals surface area contributed by atoms with E-state index in [2.05, 4.69) is 10.6 Å². The number of ether oxygens (including phenoxy) is 2. The van der Waals surface area contributed by atoms with Crippen molar-refractivity contribution in [1.29, 1.82) is 0 Å². The van der Waals surface area contributed by atoms with E-state index in [4.69, 9.17) is 9.47 Å². The summed E-state index contributed by atoms with van der Waals surface area (Å²) < 4.78 is 9.96. The fourth-order valence-electron chi connectivity index (χ4n) is 2.31. The SMILES string of the molecule is COc1cc(C2NC(=O)NC3=C2C(=O)OC3)ccc1O. The highest BCUT2D eigenvalue weighted by molar-refractivity contribution is 5.97. The molecule has 1 aromatic carbocycles. The van der Waals surface area contributed by atoms with Gasteiger partial charge < -0.3 is 25.2 Å². The van der Waals surface area contributed by atoms with Gasteiger partial charge in [-0.15, -0.1) is 0 Å². The standard InChI is InChI=1S/C13H12N2O5/c1-19-9-4-6(2-3-8(9)16)11-10-7(5-20-12(10)17)14-13(18)15-11/h2-4,11,16H,5H2,1H3,(H2,14,15,18). The third-order valence-corrected chi connectivity index (χ3v) is 3.26. The van der Waals surface area contributed by atoms with Crippen LogP contribution >= 0.6 is 0 Å². The molecule has 2 aliphatic heterocycles. The molecule has 0 saturated carbocycles. The maximum absolute atomic E-state index is 11.8. The summed E-state index contributed by atoms with van der Waals surface area (Å²) in [6.07, 6.45) is 0. The summed E-state index contributed by atoms with van der Waals surface area (Å²) >= 11 is 0. The Morgan fingerprint density at radius 3 is 2.95 bits per heavy atom. The van der Waals surface area contributed by atoms with E-state index in [1.807, 2.05) is 0 Å². The topological polar surface area (TPSA) is 96.9 Å². The Balaban J connectivity index is 2.06. The molecular formula is C13H12N2O5. The molecule has 0 saturated heterocycles. The summed E-state index contributed by atoms with van der Waals surface area (Å²) in [5, 5.41) is 14.8. The maximum Gasteiger partial charge on any atom is 0.338 e. The first-order chi connectivity index (χ1) is 9.60. The number of hydrogen-bond donors (Lipinski definition) is 3. The molecule has 2 aliphatic rings. The minimum Gasteiger partial charge on any atom is -0.504 e. The zero-order chi connectivity index (χ0) is 14.3. The van der Waals surface area contributed by atoms with Crippen LogP contribution in [0.1, 0.15) is 11.6 Å². The van der Waals surface area contributed by atoms with Crippen molar-refractivity contribution in [3.8, 4) is 11.5 Å². The summed E-state index contributed by atoms with van der Waals surface area (Å²) in [6.45, 7) is 0.0628. The molecule has 1 unspecified atom stereocenters. The van der Waals surface area contributed by atoms with Crippen LogP contribution in [-0.2, 0) is 9.53 Å². The number of esters is 1. The third kappa shape index (κ3) is 1.83. The molecule has 0 aromatic heterocycles. The Morgan fingerprint density at radius 2 is 2.20 bits per heavy atom. The van der Waals surface area contributed by atoms with Crippen molar-refractivity contribution in [3.63, 3.8) is 0 Å². The van der Waals surface area contributed by atoms with Crippen molar-refractivity contribution in [2.75, 3.05) is 13.7 Å². The average Bonchev–Trinajstić information content (AvgIpc) is 2.80. The number of aromatic hydroxyl groups is 1. The van der Waals surface area contributed by atoms with Crippen LogP contribution in [0.2, 0.25) is 0 Å². The van der Waals surface area contributed by atoms with Gasteiger partial charge in [0, 0.05) is 0 Å². The van der Waals surface area contributed by atoms with Gasteiger partial charge in [-0.2, -0.15) is 0 Å². The lowest BCUT2D eigenvalue weighted by Crippen LogP contribution is -2.44. The van der Waals surface area contributed by atoms with E-state index in [0.717, 1.165) is 0 Å². The van der Waals surface area contributed by atoms with E-state index in [1.165, 1.54) is 13.2 Å². The maximum atomic E-state index is 11.8. The van der Waals surface area contributed by atoms with Crippen LogP contribution in [0, 0.1) is 0 Å². The van der Waals surface area contributed by atoms with Gasteiger partial charge in [0.15, 0.2) is 11.5 Å². The monoisotopic (exact) mass is 276 g/mol. The first-order valence-electron chi connectivity index (χ1n) is 5.94. The quantitative estimate of drug-likeness (QED) is 0.686. The van der Waals surface area contributed by atoms with Crippen molar-refractivity contribution < 1.29 is 24.2 Å². The van der Waals surface area contributed by atoms with Gasteiger partial charge in [-0.1, -0.05) is 6.07 Å². The molecule has 2 amide bonds. The number of phenolic OH excluding ortho intramolecular Hbond substituents is 1. The second-order valence-electron chi connectivity index (χ2n) is 4.43. The largest absolute Gasteiger partial charge is 0.504 e. The lowest BCUT2D eigenvalue weighted by Gasteiger charge is -2.25. The first-order valence-corrected chi connectivity index (χ1v) is 5.94. The fraction of sp³-hybridized carbons (Fsp3) is 0.231. The predicted molar refractivity (Wildman–Crippen MR) is 67.1 cm³/mol. The number of nitrogens with one attached hydrogen (secondary N) is 2.